The summed E-state index contributed by atoms with van der Waals surface area (Å²) < 4.78 is 0. The van der Waals surface area contributed by atoms with Crippen LogP contribution < -0.4 is 0 Å². The number of rotatable bonds is 9. The van der Waals surface area contributed by atoms with Gasteiger partial charge in [0.2, 0.25) is 0 Å². The van der Waals surface area contributed by atoms with Gasteiger partial charge in [0.1, 0.15) is 17.3 Å². The van der Waals surface area contributed by atoms with Crippen molar-refractivity contribution in [2.75, 3.05) is 0 Å². The second kappa shape index (κ2) is 8.17. The van der Waals surface area contributed by atoms with Crippen molar-refractivity contribution in [3.63, 3.8) is 0 Å². The third kappa shape index (κ3) is 6.67. The number of hydrogen-bond donors (Lipinski definition) is 0. The number of ketones is 3. The molecule has 0 rings (SSSR count). The van der Waals surface area contributed by atoms with Gasteiger partial charge in [0.05, 0.1) is 0 Å². The van der Waals surface area contributed by atoms with Gasteiger partial charge >= 0.3 is 0 Å². The molecular formula is C15H26O3. The number of carbonyl (C=O) groups is 3. The predicted octanol–water partition coefficient (Wildman–Crippen LogP) is 3.20. The third-order valence-electron chi connectivity index (χ3n) is 3.30. The van der Waals surface area contributed by atoms with Crippen LogP contribution in [0.1, 0.15) is 60.3 Å². The zero-order valence-electron chi connectivity index (χ0n) is 12.3. The largest absolute Gasteiger partial charge is 0.300 e. The molecule has 0 unspecified atom stereocenters. The lowest BCUT2D eigenvalue weighted by Crippen LogP contribution is -2.21. The van der Waals surface area contributed by atoms with Crippen LogP contribution in [-0.4, -0.2) is 17.3 Å². The van der Waals surface area contributed by atoms with E-state index >= 15 is 0 Å². The van der Waals surface area contributed by atoms with Gasteiger partial charge < -0.3 is 0 Å². The van der Waals surface area contributed by atoms with E-state index in [1.807, 2.05) is 27.7 Å². The molecule has 104 valence electrons. The molecule has 0 bridgehead atoms. The summed E-state index contributed by atoms with van der Waals surface area (Å²) in [6, 6.07) is 0. The smallest absolute Gasteiger partial charge is 0.135 e. The van der Waals surface area contributed by atoms with Gasteiger partial charge in [-0.25, -0.2) is 0 Å². The second-order valence-corrected chi connectivity index (χ2v) is 5.68. The summed E-state index contributed by atoms with van der Waals surface area (Å²) >= 11 is 0. The topological polar surface area (TPSA) is 51.2 Å². The second-order valence-electron chi connectivity index (χ2n) is 5.68. The Morgan fingerprint density at radius 2 is 1.50 bits per heavy atom. The number of Topliss-reactive ketones (excluding diaryl/α,β-unsaturated/α-hetero) is 3. The van der Waals surface area contributed by atoms with E-state index in [1.165, 1.54) is 0 Å². The van der Waals surface area contributed by atoms with E-state index in [-0.39, 0.29) is 35.1 Å². The summed E-state index contributed by atoms with van der Waals surface area (Å²) in [5.74, 6) is 0.453. The van der Waals surface area contributed by atoms with Crippen LogP contribution >= 0.6 is 0 Å². The third-order valence-corrected chi connectivity index (χ3v) is 3.30. The van der Waals surface area contributed by atoms with Crippen LogP contribution in [0, 0.1) is 17.8 Å². The molecule has 0 fully saturated rings. The quantitative estimate of drug-likeness (QED) is 0.635. The molecule has 0 radical (unpaired) electrons. The van der Waals surface area contributed by atoms with Crippen LogP contribution in [0.2, 0.25) is 0 Å². The summed E-state index contributed by atoms with van der Waals surface area (Å²) in [4.78, 5) is 34.5. The molecule has 0 aliphatic carbocycles. The molecule has 0 aromatic carbocycles. The first-order chi connectivity index (χ1) is 8.25. The summed E-state index contributed by atoms with van der Waals surface area (Å²) in [7, 11) is 0. The SMILES string of the molecule is CC(=O)[C@@H](CC(=O)CCCC(=O)C(C)C)C(C)C. The maximum absolute atomic E-state index is 11.8. The van der Waals surface area contributed by atoms with Gasteiger partial charge in [-0.2, -0.15) is 0 Å². The van der Waals surface area contributed by atoms with Crippen LogP contribution in [0.25, 0.3) is 0 Å². The van der Waals surface area contributed by atoms with E-state index in [2.05, 4.69) is 0 Å². The molecule has 0 amide bonds. The Labute approximate surface area is 110 Å². The molecule has 0 N–H and O–H groups in total. The van der Waals surface area contributed by atoms with Crippen molar-refractivity contribution in [3.05, 3.63) is 0 Å². The lowest BCUT2D eigenvalue weighted by molar-refractivity contribution is -0.128. The molecule has 0 aromatic rings. The van der Waals surface area contributed by atoms with Gasteiger partial charge in [0.25, 0.3) is 0 Å². The van der Waals surface area contributed by atoms with Crippen molar-refractivity contribution >= 4 is 17.3 Å². The Kier molecular flexibility index (Phi) is 7.72. The number of carbonyl (C=O) groups excluding carboxylic acids is 3. The highest BCUT2D eigenvalue weighted by Gasteiger charge is 2.21. The van der Waals surface area contributed by atoms with E-state index in [4.69, 9.17) is 0 Å². The van der Waals surface area contributed by atoms with E-state index < -0.39 is 0 Å². The first-order valence-corrected chi connectivity index (χ1v) is 6.80. The fourth-order valence-corrected chi connectivity index (χ4v) is 1.94. The first kappa shape index (κ1) is 17.0. The summed E-state index contributed by atoms with van der Waals surface area (Å²) in [5, 5.41) is 0. The molecule has 1 atom stereocenters. The van der Waals surface area contributed by atoms with Crippen molar-refractivity contribution in [2.24, 2.45) is 17.8 Å². The standard InChI is InChI=1S/C15H26O3/c1-10(2)14(12(5)16)9-13(17)7-6-8-15(18)11(3)4/h10-11,14H,6-9H2,1-5H3/t14-/m0/s1. The van der Waals surface area contributed by atoms with E-state index in [0.717, 1.165) is 0 Å². The fourth-order valence-electron chi connectivity index (χ4n) is 1.94. The van der Waals surface area contributed by atoms with Crippen molar-refractivity contribution in [3.8, 4) is 0 Å². The number of hydrogen-bond acceptors (Lipinski definition) is 3. The van der Waals surface area contributed by atoms with E-state index in [9.17, 15) is 14.4 Å². The maximum atomic E-state index is 11.8. The van der Waals surface area contributed by atoms with Crippen LogP contribution in [0.5, 0.6) is 0 Å². The molecule has 0 aromatic heterocycles. The van der Waals surface area contributed by atoms with Gasteiger partial charge in [-0.05, 0) is 19.3 Å². The highest BCUT2D eigenvalue weighted by Crippen LogP contribution is 2.18. The summed E-state index contributed by atoms with van der Waals surface area (Å²) in [6.07, 6.45) is 1.81. The molecule has 0 aliphatic rings. The highest BCUT2D eigenvalue weighted by molar-refractivity contribution is 5.87. The minimum atomic E-state index is -0.168. The minimum Gasteiger partial charge on any atom is -0.300 e. The van der Waals surface area contributed by atoms with Crippen LogP contribution in [-0.2, 0) is 14.4 Å². The van der Waals surface area contributed by atoms with Gasteiger partial charge in [0, 0.05) is 31.1 Å². The van der Waals surface area contributed by atoms with Gasteiger partial charge in [-0.1, -0.05) is 27.7 Å². The Morgan fingerprint density at radius 3 is 1.89 bits per heavy atom. The average Bonchev–Trinajstić information content (AvgIpc) is 2.24. The monoisotopic (exact) mass is 254 g/mol. The van der Waals surface area contributed by atoms with Crippen molar-refractivity contribution in [1.29, 1.82) is 0 Å². The van der Waals surface area contributed by atoms with Crippen molar-refractivity contribution < 1.29 is 14.4 Å². The Hall–Kier alpha value is -0.990. The Balaban J connectivity index is 4.04. The van der Waals surface area contributed by atoms with Crippen molar-refractivity contribution in [1.82, 2.24) is 0 Å². The Morgan fingerprint density at radius 1 is 0.944 bits per heavy atom. The van der Waals surface area contributed by atoms with Crippen molar-refractivity contribution in [2.45, 2.75) is 60.3 Å². The fraction of sp³-hybridized carbons (Fsp3) is 0.800. The Bertz CT molecular complexity index is 303. The molecule has 0 heterocycles. The molecule has 3 heteroatoms. The molecule has 0 saturated heterocycles. The zero-order chi connectivity index (χ0) is 14.3. The average molecular weight is 254 g/mol. The van der Waals surface area contributed by atoms with Gasteiger partial charge in [0.15, 0.2) is 0 Å². The minimum absolute atomic E-state index is 0.0423. The molecular weight excluding hydrogens is 228 g/mol. The molecule has 18 heavy (non-hydrogen) atoms. The molecule has 0 aliphatic heterocycles. The van der Waals surface area contributed by atoms with E-state index in [1.54, 1.807) is 6.92 Å². The molecule has 0 spiro atoms. The zero-order valence-corrected chi connectivity index (χ0v) is 12.3. The van der Waals surface area contributed by atoms with Crippen LogP contribution in [0.3, 0.4) is 0 Å². The maximum Gasteiger partial charge on any atom is 0.135 e. The van der Waals surface area contributed by atoms with Crippen LogP contribution in [0.4, 0.5) is 0 Å². The molecule has 0 saturated carbocycles. The summed E-state index contributed by atoms with van der Waals surface area (Å²) in [6.45, 7) is 9.20. The van der Waals surface area contributed by atoms with Gasteiger partial charge in [-0.15, -0.1) is 0 Å². The van der Waals surface area contributed by atoms with Crippen LogP contribution in [0.15, 0.2) is 0 Å². The van der Waals surface area contributed by atoms with Gasteiger partial charge in [-0.3, -0.25) is 14.4 Å². The normalized spacial score (nSPS) is 12.8. The van der Waals surface area contributed by atoms with E-state index in [0.29, 0.717) is 25.7 Å². The predicted molar refractivity (Wildman–Crippen MR) is 72.3 cm³/mol. The summed E-state index contributed by atoms with van der Waals surface area (Å²) in [5.41, 5.74) is 0. The molecule has 3 nitrogen and oxygen atoms in total. The lowest BCUT2D eigenvalue weighted by Gasteiger charge is -2.16. The first-order valence-electron chi connectivity index (χ1n) is 6.80. The highest BCUT2D eigenvalue weighted by atomic mass is 16.1. The lowest BCUT2D eigenvalue weighted by atomic mass is 9.86.